The molecule has 1 amide bonds. The highest BCUT2D eigenvalue weighted by atomic mass is 19.1. The zero-order chi connectivity index (χ0) is 19.7. The largest absolute Gasteiger partial charge is 0.370 e. The molecule has 2 aliphatic rings. The topological polar surface area (TPSA) is 70.7 Å². The molecular formula is C20H25FN4O3. The quantitative estimate of drug-likeness (QED) is 0.866. The number of anilines is 1. The summed E-state index contributed by atoms with van der Waals surface area (Å²) in [5, 5.41) is 7.27. The summed E-state index contributed by atoms with van der Waals surface area (Å²) < 4.78 is 25.4. The second-order valence-electron chi connectivity index (χ2n) is 7.67. The van der Waals surface area contributed by atoms with E-state index in [1.165, 1.54) is 17.0 Å². The molecule has 2 unspecified atom stereocenters. The molecule has 0 aliphatic carbocycles. The number of hydrogen-bond acceptors (Lipinski definition) is 5. The van der Waals surface area contributed by atoms with E-state index < -0.39 is 11.7 Å². The molecule has 0 radical (unpaired) electrons. The number of benzene rings is 1. The molecule has 2 aromatic rings. The highest BCUT2D eigenvalue weighted by Gasteiger charge is 2.47. The summed E-state index contributed by atoms with van der Waals surface area (Å²) in [6, 6.07) is 8.02. The second kappa shape index (κ2) is 7.62. The van der Waals surface area contributed by atoms with Crippen LogP contribution in [0.15, 0.2) is 30.3 Å². The fraction of sp³-hybridized carbons (Fsp3) is 0.500. The molecule has 3 heterocycles. The number of aryl methyl sites for hydroxylation is 1. The molecular weight excluding hydrogens is 363 g/mol. The van der Waals surface area contributed by atoms with Gasteiger partial charge >= 0.3 is 0 Å². The molecule has 2 atom stereocenters. The standard InChI is InChI=1S/C20H25FN4O3/c1-14-8-16(23-22-14)11-25-6-7-28-20(12-25)10-18(27-13-20)19(26)24(2)17-5-3-4-15(21)9-17/h3-5,8-9,18H,6-7,10-13H2,1-2H3,(H,22,23). The van der Waals surface area contributed by atoms with Crippen LogP contribution in [-0.2, 0) is 20.8 Å². The molecule has 1 N–H and O–H groups in total. The minimum absolute atomic E-state index is 0.189. The fourth-order valence-corrected chi connectivity index (χ4v) is 3.95. The van der Waals surface area contributed by atoms with E-state index in [4.69, 9.17) is 9.47 Å². The van der Waals surface area contributed by atoms with Gasteiger partial charge in [0.05, 0.1) is 18.9 Å². The van der Waals surface area contributed by atoms with Crippen LogP contribution in [0, 0.1) is 12.7 Å². The van der Waals surface area contributed by atoms with Gasteiger partial charge in [0, 0.05) is 44.5 Å². The van der Waals surface area contributed by atoms with Crippen molar-refractivity contribution in [3.05, 3.63) is 47.5 Å². The summed E-state index contributed by atoms with van der Waals surface area (Å²) in [7, 11) is 1.64. The predicted octanol–water partition coefficient (Wildman–Crippen LogP) is 1.88. The number of H-pyrrole nitrogens is 1. The summed E-state index contributed by atoms with van der Waals surface area (Å²) in [6.45, 7) is 5.18. The summed E-state index contributed by atoms with van der Waals surface area (Å²) in [4.78, 5) is 16.6. The smallest absolute Gasteiger partial charge is 0.255 e. The van der Waals surface area contributed by atoms with Crippen LogP contribution in [0.2, 0.25) is 0 Å². The lowest BCUT2D eigenvalue weighted by atomic mass is 9.97. The van der Waals surface area contributed by atoms with Crippen molar-refractivity contribution in [1.82, 2.24) is 15.1 Å². The Kier molecular flexibility index (Phi) is 5.18. The Morgan fingerprint density at radius 3 is 3.07 bits per heavy atom. The first-order valence-corrected chi connectivity index (χ1v) is 9.46. The molecule has 1 spiro atoms. The van der Waals surface area contributed by atoms with Crippen molar-refractivity contribution in [2.45, 2.75) is 31.6 Å². The normalized spacial score (nSPS) is 25.3. The van der Waals surface area contributed by atoms with Crippen molar-refractivity contribution < 1.29 is 18.7 Å². The number of hydrogen-bond donors (Lipinski definition) is 1. The number of amides is 1. The predicted molar refractivity (Wildman–Crippen MR) is 101 cm³/mol. The average Bonchev–Trinajstić information content (AvgIpc) is 3.27. The third-order valence-electron chi connectivity index (χ3n) is 5.38. The van der Waals surface area contributed by atoms with Gasteiger partial charge in [-0.3, -0.25) is 14.8 Å². The van der Waals surface area contributed by atoms with Gasteiger partial charge in [0.25, 0.3) is 5.91 Å². The maximum atomic E-state index is 13.5. The van der Waals surface area contributed by atoms with Crippen LogP contribution in [0.3, 0.4) is 0 Å². The molecule has 28 heavy (non-hydrogen) atoms. The molecule has 4 rings (SSSR count). The number of nitrogens with zero attached hydrogens (tertiary/aromatic N) is 3. The Balaban J connectivity index is 1.40. The SMILES string of the molecule is Cc1cc(CN2CCOC3(COC(C(=O)N(C)c4cccc(F)c4)C3)C2)n[nH]1. The molecule has 2 aliphatic heterocycles. The van der Waals surface area contributed by atoms with Gasteiger partial charge in [-0.05, 0) is 31.2 Å². The van der Waals surface area contributed by atoms with Crippen LogP contribution in [0.4, 0.5) is 10.1 Å². The Bertz CT molecular complexity index is 857. The summed E-state index contributed by atoms with van der Waals surface area (Å²) >= 11 is 0. The zero-order valence-electron chi connectivity index (χ0n) is 16.2. The molecule has 8 heteroatoms. The summed E-state index contributed by atoms with van der Waals surface area (Å²) in [5.74, 6) is -0.563. The fourth-order valence-electron chi connectivity index (χ4n) is 3.95. The molecule has 0 bridgehead atoms. The van der Waals surface area contributed by atoms with Crippen molar-refractivity contribution in [1.29, 1.82) is 0 Å². The van der Waals surface area contributed by atoms with E-state index >= 15 is 0 Å². The first-order valence-electron chi connectivity index (χ1n) is 9.46. The van der Waals surface area contributed by atoms with E-state index in [9.17, 15) is 9.18 Å². The van der Waals surface area contributed by atoms with Crippen molar-refractivity contribution in [2.24, 2.45) is 0 Å². The summed E-state index contributed by atoms with van der Waals surface area (Å²) in [5.41, 5.74) is 2.04. The Morgan fingerprint density at radius 2 is 2.32 bits per heavy atom. The van der Waals surface area contributed by atoms with Crippen LogP contribution in [0.1, 0.15) is 17.8 Å². The molecule has 150 valence electrons. The number of carbonyl (C=O) groups is 1. The number of likely N-dealkylation sites (N-methyl/N-ethyl adjacent to an activating group) is 1. The Morgan fingerprint density at radius 1 is 1.46 bits per heavy atom. The lowest BCUT2D eigenvalue weighted by molar-refractivity contribution is -0.127. The number of halogens is 1. The molecule has 0 saturated carbocycles. The van der Waals surface area contributed by atoms with E-state index in [0.29, 0.717) is 31.9 Å². The van der Waals surface area contributed by atoms with Gasteiger partial charge in [0.15, 0.2) is 0 Å². The van der Waals surface area contributed by atoms with Gasteiger partial charge in [-0.15, -0.1) is 0 Å². The van der Waals surface area contributed by atoms with Gasteiger partial charge in [-0.2, -0.15) is 5.10 Å². The number of ether oxygens (including phenoxy) is 2. The first kappa shape index (κ1) is 19.0. The van der Waals surface area contributed by atoms with Crippen LogP contribution < -0.4 is 4.90 Å². The maximum Gasteiger partial charge on any atom is 0.255 e. The van der Waals surface area contributed by atoms with Gasteiger partial charge < -0.3 is 14.4 Å². The molecule has 2 fully saturated rings. The van der Waals surface area contributed by atoms with Crippen LogP contribution >= 0.6 is 0 Å². The van der Waals surface area contributed by atoms with Crippen molar-refractivity contribution in [3.8, 4) is 0 Å². The number of nitrogens with one attached hydrogen (secondary N) is 1. The maximum absolute atomic E-state index is 13.5. The van der Waals surface area contributed by atoms with E-state index in [1.807, 2.05) is 13.0 Å². The van der Waals surface area contributed by atoms with Gasteiger partial charge in [-0.1, -0.05) is 6.07 Å². The third kappa shape index (κ3) is 3.94. The van der Waals surface area contributed by atoms with Gasteiger partial charge in [0.1, 0.15) is 17.5 Å². The van der Waals surface area contributed by atoms with Gasteiger partial charge in [-0.25, -0.2) is 4.39 Å². The number of rotatable bonds is 4. The van der Waals surface area contributed by atoms with Crippen molar-refractivity contribution in [3.63, 3.8) is 0 Å². The monoisotopic (exact) mass is 388 g/mol. The number of carbonyl (C=O) groups excluding carboxylic acids is 1. The highest BCUT2D eigenvalue weighted by molar-refractivity contribution is 5.96. The molecule has 1 aromatic carbocycles. The lowest BCUT2D eigenvalue weighted by Gasteiger charge is -2.39. The van der Waals surface area contributed by atoms with Crippen LogP contribution in [0.5, 0.6) is 0 Å². The van der Waals surface area contributed by atoms with E-state index in [0.717, 1.165) is 24.5 Å². The van der Waals surface area contributed by atoms with E-state index in [-0.39, 0.29) is 11.7 Å². The Hall–Kier alpha value is -2.29. The number of morpholine rings is 1. The van der Waals surface area contributed by atoms with E-state index in [1.54, 1.807) is 19.2 Å². The van der Waals surface area contributed by atoms with Crippen LogP contribution in [0.25, 0.3) is 0 Å². The van der Waals surface area contributed by atoms with Crippen LogP contribution in [-0.4, -0.2) is 66.1 Å². The Labute approximate surface area is 163 Å². The lowest BCUT2D eigenvalue weighted by Crippen LogP contribution is -2.52. The third-order valence-corrected chi connectivity index (χ3v) is 5.38. The minimum Gasteiger partial charge on any atom is -0.370 e. The highest BCUT2D eigenvalue weighted by Crippen LogP contribution is 2.33. The molecule has 1 aromatic heterocycles. The second-order valence-corrected chi connectivity index (χ2v) is 7.67. The molecule has 2 saturated heterocycles. The molecule has 7 nitrogen and oxygen atoms in total. The van der Waals surface area contributed by atoms with Gasteiger partial charge in [0.2, 0.25) is 0 Å². The van der Waals surface area contributed by atoms with Crippen molar-refractivity contribution >= 4 is 11.6 Å². The summed E-state index contributed by atoms with van der Waals surface area (Å²) in [6.07, 6.45) is -0.109. The number of aromatic amines is 1. The minimum atomic E-state index is -0.596. The average molecular weight is 388 g/mol. The first-order chi connectivity index (χ1) is 13.4. The van der Waals surface area contributed by atoms with Crippen molar-refractivity contribution in [2.75, 3.05) is 38.3 Å². The zero-order valence-corrected chi connectivity index (χ0v) is 16.2. The van der Waals surface area contributed by atoms with E-state index in [2.05, 4.69) is 15.1 Å². The number of aromatic nitrogens is 2.